The predicted molar refractivity (Wildman–Crippen MR) is 71.0 cm³/mol. The van der Waals surface area contributed by atoms with Crippen molar-refractivity contribution in [3.05, 3.63) is 29.3 Å². The lowest BCUT2D eigenvalue weighted by molar-refractivity contribution is 0.126. The molecule has 0 aliphatic rings. The standard InChI is InChI=1S/C13H15F2NO3S/c1-10-5-6-12(11(8-10)4-3-7-17)20(18,19)16(2)9-13(14)15/h5-6,8,13,17H,7,9H2,1-2H3. The Morgan fingerprint density at radius 1 is 1.40 bits per heavy atom. The van der Waals surface area contributed by atoms with Gasteiger partial charge in [0.05, 0.1) is 11.4 Å². The van der Waals surface area contributed by atoms with E-state index < -0.39 is 29.6 Å². The van der Waals surface area contributed by atoms with E-state index >= 15 is 0 Å². The van der Waals surface area contributed by atoms with E-state index in [0.717, 1.165) is 12.6 Å². The van der Waals surface area contributed by atoms with E-state index in [-0.39, 0.29) is 10.5 Å². The van der Waals surface area contributed by atoms with Crippen LogP contribution < -0.4 is 0 Å². The van der Waals surface area contributed by atoms with Crippen molar-refractivity contribution >= 4 is 10.0 Å². The van der Waals surface area contributed by atoms with E-state index in [0.29, 0.717) is 4.31 Å². The van der Waals surface area contributed by atoms with Gasteiger partial charge in [0.2, 0.25) is 10.0 Å². The summed E-state index contributed by atoms with van der Waals surface area (Å²) in [7, 11) is -2.95. The summed E-state index contributed by atoms with van der Waals surface area (Å²) in [5.41, 5.74) is 0.961. The average Bonchev–Trinajstić information content (AvgIpc) is 2.35. The highest BCUT2D eigenvalue weighted by atomic mass is 32.2. The van der Waals surface area contributed by atoms with Crippen LogP contribution in [0.25, 0.3) is 0 Å². The Hall–Kier alpha value is -1.49. The summed E-state index contributed by atoms with van der Waals surface area (Å²) in [5, 5.41) is 8.69. The molecule has 0 spiro atoms. The molecular weight excluding hydrogens is 288 g/mol. The fourth-order valence-corrected chi connectivity index (χ4v) is 2.83. The zero-order valence-corrected chi connectivity index (χ0v) is 11.9. The SMILES string of the molecule is Cc1ccc(S(=O)(=O)N(C)CC(F)F)c(C#CCO)c1. The zero-order valence-electron chi connectivity index (χ0n) is 11.1. The maximum atomic E-state index is 12.3. The first-order chi connectivity index (χ1) is 9.28. The molecular formula is C13H15F2NO3S. The van der Waals surface area contributed by atoms with Gasteiger partial charge in [-0.15, -0.1) is 0 Å². The van der Waals surface area contributed by atoms with E-state index in [1.807, 2.05) is 0 Å². The summed E-state index contributed by atoms with van der Waals surface area (Å²) >= 11 is 0. The van der Waals surface area contributed by atoms with E-state index in [9.17, 15) is 17.2 Å². The van der Waals surface area contributed by atoms with Crippen LogP contribution in [0.3, 0.4) is 0 Å². The first kappa shape index (κ1) is 16.6. The number of nitrogens with zero attached hydrogens (tertiary/aromatic N) is 1. The molecule has 0 fully saturated rings. The third-order valence-electron chi connectivity index (χ3n) is 2.52. The molecule has 0 bridgehead atoms. The number of hydrogen-bond acceptors (Lipinski definition) is 3. The van der Waals surface area contributed by atoms with Crippen LogP contribution in [-0.4, -0.2) is 44.5 Å². The number of aliphatic hydroxyl groups excluding tert-OH is 1. The molecule has 0 saturated heterocycles. The van der Waals surface area contributed by atoms with Gasteiger partial charge in [-0.05, 0) is 24.6 Å². The van der Waals surface area contributed by atoms with Gasteiger partial charge >= 0.3 is 0 Å². The normalized spacial score (nSPS) is 11.6. The van der Waals surface area contributed by atoms with Gasteiger partial charge in [0.1, 0.15) is 6.61 Å². The molecule has 0 aliphatic carbocycles. The van der Waals surface area contributed by atoms with Crippen LogP contribution in [0, 0.1) is 18.8 Å². The first-order valence-electron chi connectivity index (χ1n) is 5.74. The van der Waals surface area contributed by atoms with Gasteiger partial charge in [0.15, 0.2) is 0 Å². The van der Waals surface area contributed by atoms with E-state index in [1.54, 1.807) is 13.0 Å². The molecule has 0 unspecified atom stereocenters. The fourth-order valence-electron chi connectivity index (χ4n) is 1.56. The van der Waals surface area contributed by atoms with Crippen molar-refractivity contribution in [3.8, 4) is 11.8 Å². The minimum absolute atomic E-state index is 0.146. The molecule has 0 radical (unpaired) electrons. The molecule has 20 heavy (non-hydrogen) atoms. The number of alkyl halides is 2. The van der Waals surface area contributed by atoms with Crippen LogP contribution in [-0.2, 0) is 10.0 Å². The van der Waals surface area contributed by atoms with Crippen LogP contribution >= 0.6 is 0 Å². The lowest BCUT2D eigenvalue weighted by Crippen LogP contribution is -2.31. The number of benzene rings is 1. The molecule has 0 aromatic heterocycles. The third kappa shape index (κ3) is 4.00. The van der Waals surface area contributed by atoms with Gasteiger partial charge in [0, 0.05) is 12.6 Å². The molecule has 1 aromatic carbocycles. The predicted octanol–water partition coefficient (Wildman–Crippen LogP) is 1.22. The zero-order chi connectivity index (χ0) is 15.3. The largest absolute Gasteiger partial charge is 0.384 e. The summed E-state index contributed by atoms with van der Waals surface area (Å²) in [4.78, 5) is -0.146. The van der Waals surface area contributed by atoms with Crippen LogP contribution in [0.1, 0.15) is 11.1 Å². The van der Waals surface area contributed by atoms with Crippen molar-refractivity contribution < 1.29 is 22.3 Å². The summed E-state index contributed by atoms with van der Waals surface area (Å²) in [6.45, 7) is 0.451. The highest BCUT2D eigenvalue weighted by Crippen LogP contribution is 2.20. The highest BCUT2D eigenvalue weighted by Gasteiger charge is 2.25. The maximum Gasteiger partial charge on any atom is 0.252 e. The van der Waals surface area contributed by atoms with Crippen molar-refractivity contribution in [3.63, 3.8) is 0 Å². The summed E-state index contributed by atoms with van der Waals surface area (Å²) in [6, 6.07) is 4.42. The van der Waals surface area contributed by atoms with E-state index in [1.165, 1.54) is 12.1 Å². The molecule has 1 rings (SSSR count). The van der Waals surface area contributed by atoms with Crippen molar-refractivity contribution in [2.24, 2.45) is 0 Å². The van der Waals surface area contributed by atoms with E-state index in [4.69, 9.17) is 5.11 Å². The van der Waals surface area contributed by atoms with Gasteiger partial charge in [0.25, 0.3) is 6.43 Å². The number of hydrogen-bond donors (Lipinski definition) is 1. The molecule has 7 heteroatoms. The molecule has 0 saturated carbocycles. The van der Waals surface area contributed by atoms with E-state index in [2.05, 4.69) is 11.8 Å². The van der Waals surface area contributed by atoms with Crippen molar-refractivity contribution in [2.75, 3.05) is 20.2 Å². The van der Waals surface area contributed by atoms with Gasteiger partial charge in [-0.25, -0.2) is 17.2 Å². The Morgan fingerprint density at radius 3 is 2.60 bits per heavy atom. The summed E-state index contributed by atoms with van der Waals surface area (Å²) in [5.74, 6) is 4.88. The number of halogens is 2. The maximum absolute atomic E-state index is 12.3. The Kier molecular flexibility index (Phi) is 5.62. The quantitative estimate of drug-likeness (QED) is 0.851. The highest BCUT2D eigenvalue weighted by molar-refractivity contribution is 7.89. The average molecular weight is 303 g/mol. The first-order valence-corrected chi connectivity index (χ1v) is 7.18. The topological polar surface area (TPSA) is 57.6 Å². The smallest absolute Gasteiger partial charge is 0.252 e. The van der Waals surface area contributed by atoms with Gasteiger partial charge in [-0.3, -0.25) is 0 Å². The molecule has 0 amide bonds. The minimum Gasteiger partial charge on any atom is -0.384 e. The Labute approximate surface area is 117 Å². The lowest BCUT2D eigenvalue weighted by atomic mass is 10.1. The van der Waals surface area contributed by atoms with Crippen LogP contribution in [0.5, 0.6) is 0 Å². The minimum atomic E-state index is -4.04. The lowest BCUT2D eigenvalue weighted by Gasteiger charge is -2.17. The molecule has 0 heterocycles. The van der Waals surface area contributed by atoms with Crippen LogP contribution in [0.15, 0.2) is 23.1 Å². The molecule has 4 nitrogen and oxygen atoms in total. The molecule has 1 N–H and O–H groups in total. The van der Waals surface area contributed by atoms with Crippen molar-refractivity contribution in [1.82, 2.24) is 4.31 Å². The van der Waals surface area contributed by atoms with Gasteiger partial charge in [-0.2, -0.15) is 4.31 Å². The molecule has 110 valence electrons. The second-order valence-electron chi connectivity index (χ2n) is 4.14. The number of aryl methyl sites for hydroxylation is 1. The molecule has 0 atom stereocenters. The summed E-state index contributed by atoms with van der Waals surface area (Å²) < 4.78 is 49.7. The Morgan fingerprint density at radius 2 is 2.05 bits per heavy atom. The number of aliphatic hydroxyl groups is 1. The second-order valence-corrected chi connectivity index (χ2v) is 6.15. The fraction of sp³-hybridized carbons (Fsp3) is 0.385. The van der Waals surface area contributed by atoms with Crippen molar-refractivity contribution in [1.29, 1.82) is 0 Å². The Balaban J connectivity index is 3.31. The Bertz CT molecular complexity index is 633. The number of rotatable bonds is 4. The number of sulfonamides is 1. The third-order valence-corrected chi connectivity index (χ3v) is 4.40. The monoisotopic (exact) mass is 303 g/mol. The molecule has 1 aromatic rings. The second kappa shape index (κ2) is 6.79. The van der Waals surface area contributed by atoms with Gasteiger partial charge in [-0.1, -0.05) is 17.9 Å². The molecule has 0 aliphatic heterocycles. The van der Waals surface area contributed by atoms with Crippen molar-refractivity contribution in [2.45, 2.75) is 18.2 Å². The summed E-state index contributed by atoms with van der Waals surface area (Å²) in [6.07, 6.45) is -2.76. The van der Waals surface area contributed by atoms with Crippen LogP contribution in [0.2, 0.25) is 0 Å². The van der Waals surface area contributed by atoms with Crippen LogP contribution in [0.4, 0.5) is 8.78 Å². The van der Waals surface area contributed by atoms with Gasteiger partial charge < -0.3 is 5.11 Å².